The molecular weight excluding hydrogens is 432 g/mol. The predicted octanol–water partition coefficient (Wildman–Crippen LogP) is 4.94. The van der Waals surface area contributed by atoms with Gasteiger partial charge >= 0.3 is 0 Å². The van der Waals surface area contributed by atoms with Crippen LogP contribution in [0.4, 0.5) is 5.69 Å². The molecule has 0 spiro atoms. The van der Waals surface area contributed by atoms with E-state index in [2.05, 4.69) is 5.32 Å². The van der Waals surface area contributed by atoms with E-state index in [1.54, 1.807) is 67.8 Å². The number of anilines is 1. The van der Waals surface area contributed by atoms with Crippen molar-refractivity contribution in [1.29, 1.82) is 0 Å². The summed E-state index contributed by atoms with van der Waals surface area (Å²) in [4.78, 5) is 40.6. The van der Waals surface area contributed by atoms with Crippen LogP contribution in [0.1, 0.15) is 65.1 Å². The maximum atomic E-state index is 13.7. The number of carbonyl (C=O) groups excluding carboxylic acids is 3. The number of rotatable bonds is 8. The number of hydrogen-bond acceptors (Lipinski definition) is 5. The Labute approximate surface area is 198 Å². The average Bonchev–Trinajstić information content (AvgIpc) is 3.57. The van der Waals surface area contributed by atoms with E-state index in [4.69, 9.17) is 9.15 Å². The molecule has 1 aliphatic rings. The van der Waals surface area contributed by atoms with Crippen LogP contribution >= 0.6 is 0 Å². The van der Waals surface area contributed by atoms with Crippen molar-refractivity contribution in [3.8, 4) is 5.75 Å². The lowest BCUT2D eigenvalue weighted by atomic mass is 10.0. The number of carbonyl (C=O) groups is 3. The third-order valence-corrected chi connectivity index (χ3v) is 6.14. The quantitative estimate of drug-likeness (QED) is 0.481. The molecule has 7 nitrogen and oxygen atoms in total. The number of hydrogen-bond donors (Lipinski definition) is 1. The molecule has 1 fully saturated rings. The molecule has 1 aromatic heterocycles. The molecule has 176 valence electrons. The first-order chi connectivity index (χ1) is 16.5. The Kier molecular flexibility index (Phi) is 7.11. The summed E-state index contributed by atoms with van der Waals surface area (Å²) in [7, 11) is 1.57. The monoisotopic (exact) mass is 460 g/mol. The van der Waals surface area contributed by atoms with Crippen LogP contribution < -0.4 is 15.0 Å². The van der Waals surface area contributed by atoms with Crippen LogP contribution in [-0.4, -0.2) is 30.7 Å². The van der Waals surface area contributed by atoms with Crippen LogP contribution in [-0.2, 0) is 4.79 Å². The Balaban J connectivity index is 1.80. The van der Waals surface area contributed by atoms with Crippen molar-refractivity contribution in [2.45, 2.75) is 44.7 Å². The molecule has 1 heterocycles. The summed E-state index contributed by atoms with van der Waals surface area (Å²) in [6.07, 6.45) is 5.39. The van der Waals surface area contributed by atoms with Crippen LogP contribution in [0.2, 0.25) is 0 Å². The summed E-state index contributed by atoms with van der Waals surface area (Å²) in [5, 5.41) is 3.14. The van der Waals surface area contributed by atoms with E-state index in [9.17, 15) is 14.4 Å². The predicted molar refractivity (Wildman–Crippen MR) is 128 cm³/mol. The van der Waals surface area contributed by atoms with Crippen LogP contribution in [0.5, 0.6) is 5.75 Å². The molecule has 1 aliphatic carbocycles. The number of methoxy groups -OCH3 is 1. The number of nitrogens with zero attached hydrogens (tertiary/aromatic N) is 1. The fourth-order valence-corrected chi connectivity index (χ4v) is 4.31. The summed E-state index contributed by atoms with van der Waals surface area (Å²) in [6, 6.07) is 16.1. The Morgan fingerprint density at radius 3 is 2.24 bits per heavy atom. The van der Waals surface area contributed by atoms with Gasteiger partial charge in [0.25, 0.3) is 5.91 Å². The van der Waals surface area contributed by atoms with E-state index in [1.807, 2.05) is 0 Å². The van der Waals surface area contributed by atoms with Crippen molar-refractivity contribution in [3.63, 3.8) is 0 Å². The van der Waals surface area contributed by atoms with Crippen LogP contribution in [0.3, 0.4) is 0 Å². The van der Waals surface area contributed by atoms with Crippen molar-refractivity contribution < 1.29 is 23.5 Å². The number of nitrogens with one attached hydrogen (secondary N) is 1. The van der Waals surface area contributed by atoms with Gasteiger partial charge in [-0.2, -0.15) is 0 Å². The van der Waals surface area contributed by atoms with Gasteiger partial charge in [0.1, 0.15) is 11.8 Å². The minimum absolute atomic E-state index is 0.0777. The number of Topliss-reactive ketones (excluding diaryl/α,β-unsaturated/α-hetero) is 1. The van der Waals surface area contributed by atoms with E-state index < -0.39 is 11.9 Å². The van der Waals surface area contributed by atoms with Crippen molar-refractivity contribution in [1.82, 2.24) is 5.32 Å². The Hall–Kier alpha value is -3.87. The van der Waals surface area contributed by atoms with E-state index in [-0.39, 0.29) is 23.5 Å². The third kappa shape index (κ3) is 5.03. The largest absolute Gasteiger partial charge is 0.497 e. The standard InChI is InChI=1S/C27H28N2O5/c1-18(30)19-9-13-22(14-10-19)29(27(32)24-8-5-17-34-24)25(20-11-15-23(33-2)16-12-20)26(31)28-21-6-3-4-7-21/h5,8-17,21,25H,3-4,6-7H2,1-2H3,(H,28,31). The summed E-state index contributed by atoms with van der Waals surface area (Å²) in [5.74, 6) is -0.0482. The van der Waals surface area contributed by atoms with E-state index in [0.717, 1.165) is 25.7 Å². The van der Waals surface area contributed by atoms with Gasteiger partial charge in [-0.05, 0) is 73.9 Å². The fourth-order valence-electron chi connectivity index (χ4n) is 4.31. The fraction of sp³-hybridized carbons (Fsp3) is 0.296. The first-order valence-electron chi connectivity index (χ1n) is 11.4. The first-order valence-corrected chi connectivity index (χ1v) is 11.4. The number of ketones is 1. The average molecular weight is 461 g/mol. The van der Waals surface area contributed by atoms with Gasteiger partial charge in [0.2, 0.25) is 5.91 Å². The Morgan fingerprint density at radius 1 is 1.00 bits per heavy atom. The highest BCUT2D eigenvalue weighted by Gasteiger charge is 2.35. The van der Waals surface area contributed by atoms with Gasteiger partial charge in [-0.1, -0.05) is 25.0 Å². The second kappa shape index (κ2) is 10.4. The molecule has 34 heavy (non-hydrogen) atoms. The van der Waals surface area contributed by atoms with Crippen molar-refractivity contribution in [3.05, 3.63) is 83.8 Å². The summed E-state index contributed by atoms with van der Waals surface area (Å²) < 4.78 is 10.7. The number of amides is 2. The molecule has 2 aromatic carbocycles. The highest BCUT2D eigenvalue weighted by Crippen LogP contribution is 2.32. The zero-order valence-electron chi connectivity index (χ0n) is 19.3. The van der Waals surface area contributed by atoms with Gasteiger partial charge < -0.3 is 14.5 Å². The van der Waals surface area contributed by atoms with Crippen molar-refractivity contribution in [2.75, 3.05) is 12.0 Å². The maximum absolute atomic E-state index is 13.7. The van der Waals surface area contributed by atoms with Crippen LogP contribution in [0, 0.1) is 0 Å². The molecule has 3 aromatic rings. The lowest BCUT2D eigenvalue weighted by molar-refractivity contribution is -0.123. The number of furan rings is 1. The molecule has 0 aliphatic heterocycles. The maximum Gasteiger partial charge on any atom is 0.294 e. The lowest BCUT2D eigenvalue weighted by Crippen LogP contribution is -2.46. The summed E-state index contributed by atoms with van der Waals surface area (Å²) in [5.41, 5.74) is 1.63. The van der Waals surface area contributed by atoms with Gasteiger partial charge in [-0.3, -0.25) is 19.3 Å². The molecule has 2 amide bonds. The van der Waals surface area contributed by atoms with Crippen molar-refractivity contribution in [2.24, 2.45) is 0 Å². The van der Waals surface area contributed by atoms with Gasteiger partial charge in [0.15, 0.2) is 11.5 Å². The van der Waals surface area contributed by atoms with Gasteiger partial charge in [0.05, 0.1) is 13.4 Å². The lowest BCUT2D eigenvalue weighted by Gasteiger charge is -2.32. The minimum Gasteiger partial charge on any atom is -0.497 e. The van der Waals surface area contributed by atoms with Gasteiger partial charge in [0, 0.05) is 17.3 Å². The molecule has 0 radical (unpaired) electrons. The summed E-state index contributed by atoms with van der Waals surface area (Å²) >= 11 is 0. The van der Waals surface area contributed by atoms with E-state index >= 15 is 0 Å². The van der Waals surface area contributed by atoms with Gasteiger partial charge in [-0.25, -0.2) is 0 Å². The molecule has 0 bridgehead atoms. The molecule has 0 saturated heterocycles. The second-order valence-corrected chi connectivity index (χ2v) is 8.42. The molecular formula is C27H28N2O5. The Bertz CT molecular complexity index is 1130. The molecule has 4 rings (SSSR count). The molecule has 1 unspecified atom stereocenters. The Morgan fingerprint density at radius 2 is 1.68 bits per heavy atom. The molecule has 1 N–H and O–H groups in total. The van der Waals surface area contributed by atoms with Crippen LogP contribution in [0.15, 0.2) is 71.3 Å². The third-order valence-electron chi connectivity index (χ3n) is 6.14. The molecule has 7 heteroatoms. The SMILES string of the molecule is COc1ccc(C(C(=O)NC2CCCC2)N(C(=O)c2ccco2)c2ccc(C(C)=O)cc2)cc1. The van der Waals surface area contributed by atoms with Crippen molar-refractivity contribution >= 4 is 23.3 Å². The highest BCUT2D eigenvalue weighted by molar-refractivity contribution is 6.09. The van der Waals surface area contributed by atoms with E-state index in [1.165, 1.54) is 18.1 Å². The molecule has 1 atom stereocenters. The minimum atomic E-state index is -0.952. The first kappa shape index (κ1) is 23.3. The zero-order valence-corrected chi connectivity index (χ0v) is 19.3. The topological polar surface area (TPSA) is 88.8 Å². The zero-order chi connectivity index (χ0) is 24.1. The summed E-state index contributed by atoms with van der Waals surface area (Å²) in [6.45, 7) is 1.48. The van der Waals surface area contributed by atoms with Crippen LogP contribution in [0.25, 0.3) is 0 Å². The second-order valence-electron chi connectivity index (χ2n) is 8.42. The smallest absolute Gasteiger partial charge is 0.294 e. The van der Waals surface area contributed by atoms with Gasteiger partial charge in [-0.15, -0.1) is 0 Å². The number of ether oxygens (including phenoxy) is 1. The highest BCUT2D eigenvalue weighted by atomic mass is 16.5. The van der Waals surface area contributed by atoms with E-state index in [0.29, 0.717) is 22.6 Å². The molecule has 1 saturated carbocycles. The normalized spacial score (nSPS) is 14.4. The number of benzene rings is 2.